The Labute approximate surface area is 146 Å². The molecule has 2 heterocycles. The number of hydrogen-bond acceptors (Lipinski definition) is 4. The first kappa shape index (κ1) is 17.0. The molecule has 1 aliphatic heterocycles. The molecule has 0 radical (unpaired) electrons. The number of imide groups is 1. The van der Waals surface area contributed by atoms with Gasteiger partial charge in [0, 0.05) is 31.5 Å². The summed E-state index contributed by atoms with van der Waals surface area (Å²) in [7, 11) is 0. The standard InChI is InChI=1S/C19H20N2O4/c1-14-4-6-15(7-5-14)21(13-16-3-2-12-25-16)19(24)10-11-20-17(22)8-9-18(20)23/h2-7,12H,8-11,13H2,1H3. The van der Waals surface area contributed by atoms with E-state index >= 15 is 0 Å². The number of anilines is 1. The molecule has 25 heavy (non-hydrogen) atoms. The smallest absolute Gasteiger partial charge is 0.229 e. The molecule has 3 rings (SSSR count). The number of furan rings is 1. The average Bonchev–Trinajstić information content (AvgIpc) is 3.22. The Balaban J connectivity index is 1.73. The van der Waals surface area contributed by atoms with Crippen molar-refractivity contribution in [2.75, 3.05) is 11.4 Å². The molecule has 2 aromatic rings. The van der Waals surface area contributed by atoms with Gasteiger partial charge in [-0.25, -0.2) is 0 Å². The molecule has 3 amide bonds. The molecule has 6 nitrogen and oxygen atoms in total. The van der Waals surface area contributed by atoms with Gasteiger partial charge < -0.3 is 9.32 Å². The molecule has 0 bridgehead atoms. The fraction of sp³-hybridized carbons (Fsp3) is 0.316. The number of carbonyl (C=O) groups excluding carboxylic acids is 3. The van der Waals surface area contributed by atoms with Crippen LogP contribution in [0.25, 0.3) is 0 Å². The number of carbonyl (C=O) groups is 3. The molecule has 0 unspecified atom stereocenters. The van der Waals surface area contributed by atoms with E-state index in [1.807, 2.05) is 37.3 Å². The van der Waals surface area contributed by atoms with Gasteiger partial charge in [0.05, 0.1) is 12.8 Å². The lowest BCUT2D eigenvalue weighted by atomic mass is 10.2. The van der Waals surface area contributed by atoms with Crippen LogP contribution in [0.1, 0.15) is 30.6 Å². The summed E-state index contributed by atoms with van der Waals surface area (Å²) in [6, 6.07) is 11.2. The molecule has 0 aliphatic carbocycles. The quantitative estimate of drug-likeness (QED) is 0.758. The molecule has 1 aliphatic rings. The third-order valence-corrected chi connectivity index (χ3v) is 4.24. The number of nitrogens with zero attached hydrogens (tertiary/aromatic N) is 2. The van der Waals surface area contributed by atoms with E-state index in [9.17, 15) is 14.4 Å². The van der Waals surface area contributed by atoms with Crippen LogP contribution in [0.3, 0.4) is 0 Å². The molecule has 0 atom stereocenters. The van der Waals surface area contributed by atoms with Gasteiger partial charge in [-0.05, 0) is 31.2 Å². The monoisotopic (exact) mass is 340 g/mol. The van der Waals surface area contributed by atoms with Crippen LogP contribution in [-0.2, 0) is 20.9 Å². The Hall–Kier alpha value is -2.89. The minimum Gasteiger partial charge on any atom is -0.467 e. The molecule has 130 valence electrons. The van der Waals surface area contributed by atoms with E-state index in [1.54, 1.807) is 17.2 Å². The fourth-order valence-corrected chi connectivity index (χ4v) is 2.82. The first-order valence-corrected chi connectivity index (χ1v) is 8.27. The summed E-state index contributed by atoms with van der Waals surface area (Å²) in [4.78, 5) is 38.9. The highest BCUT2D eigenvalue weighted by Gasteiger charge is 2.29. The predicted octanol–water partition coefficient (Wildman–Crippen LogP) is 2.66. The Morgan fingerprint density at radius 1 is 1.12 bits per heavy atom. The third kappa shape index (κ3) is 3.96. The van der Waals surface area contributed by atoms with E-state index < -0.39 is 0 Å². The highest BCUT2D eigenvalue weighted by molar-refractivity contribution is 6.02. The van der Waals surface area contributed by atoms with Gasteiger partial charge in [0.15, 0.2) is 0 Å². The molecule has 1 aromatic carbocycles. The minimum atomic E-state index is -0.203. The first-order valence-electron chi connectivity index (χ1n) is 8.27. The van der Waals surface area contributed by atoms with E-state index in [1.165, 1.54) is 4.90 Å². The van der Waals surface area contributed by atoms with Crippen molar-refractivity contribution in [1.29, 1.82) is 0 Å². The highest BCUT2D eigenvalue weighted by Crippen LogP contribution is 2.20. The van der Waals surface area contributed by atoms with Gasteiger partial charge in [-0.15, -0.1) is 0 Å². The summed E-state index contributed by atoms with van der Waals surface area (Å²) in [6.45, 7) is 2.40. The number of rotatable bonds is 6. The van der Waals surface area contributed by atoms with Gasteiger partial charge in [-0.2, -0.15) is 0 Å². The lowest BCUT2D eigenvalue weighted by Crippen LogP contribution is -2.36. The van der Waals surface area contributed by atoms with Crippen molar-refractivity contribution < 1.29 is 18.8 Å². The maximum atomic E-state index is 12.8. The molecule has 1 saturated heterocycles. The SMILES string of the molecule is Cc1ccc(N(Cc2ccco2)C(=O)CCN2C(=O)CCC2=O)cc1. The van der Waals surface area contributed by atoms with E-state index in [0.717, 1.165) is 11.3 Å². The maximum Gasteiger partial charge on any atom is 0.229 e. The van der Waals surface area contributed by atoms with Crippen LogP contribution < -0.4 is 4.90 Å². The second kappa shape index (κ2) is 7.34. The zero-order chi connectivity index (χ0) is 17.8. The lowest BCUT2D eigenvalue weighted by molar-refractivity contribution is -0.138. The van der Waals surface area contributed by atoms with Crippen LogP contribution in [0.15, 0.2) is 47.1 Å². The van der Waals surface area contributed by atoms with E-state index in [-0.39, 0.29) is 43.5 Å². The zero-order valence-electron chi connectivity index (χ0n) is 14.1. The zero-order valence-corrected chi connectivity index (χ0v) is 14.1. The van der Waals surface area contributed by atoms with Gasteiger partial charge >= 0.3 is 0 Å². The summed E-state index contributed by atoms with van der Waals surface area (Å²) < 4.78 is 5.36. The van der Waals surface area contributed by atoms with Crippen molar-refractivity contribution in [3.63, 3.8) is 0 Å². The van der Waals surface area contributed by atoms with E-state index in [0.29, 0.717) is 12.3 Å². The summed E-state index contributed by atoms with van der Waals surface area (Å²) in [5.74, 6) is 0.103. The number of amides is 3. The van der Waals surface area contributed by atoms with Crippen molar-refractivity contribution in [3.8, 4) is 0 Å². The van der Waals surface area contributed by atoms with Crippen molar-refractivity contribution in [3.05, 3.63) is 54.0 Å². The lowest BCUT2D eigenvalue weighted by Gasteiger charge is -2.23. The van der Waals surface area contributed by atoms with Gasteiger partial charge in [0.1, 0.15) is 5.76 Å². The largest absolute Gasteiger partial charge is 0.467 e. The summed E-state index contributed by atoms with van der Waals surface area (Å²) in [5.41, 5.74) is 1.86. The number of aryl methyl sites for hydroxylation is 1. The Kier molecular flexibility index (Phi) is 4.97. The van der Waals surface area contributed by atoms with Gasteiger partial charge in [0.2, 0.25) is 17.7 Å². The van der Waals surface area contributed by atoms with Gasteiger partial charge in [-0.3, -0.25) is 19.3 Å². The van der Waals surface area contributed by atoms with Crippen LogP contribution in [0.5, 0.6) is 0 Å². The van der Waals surface area contributed by atoms with Gasteiger partial charge in [0.25, 0.3) is 0 Å². The van der Waals surface area contributed by atoms with Crippen LogP contribution >= 0.6 is 0 Å². The molecule has 0 saturated carbocycles. The molecular formula is C19H20N2O4. The Bertz CT molecular complexity index is 749. The minimum absolute atomic E-state index is 0.0894. The Morgan fingerprint density at radius 2 is 1.80 bits per heavy atom. The fourth-order valence-electron chi connectivity index (χ4n) is 2.82. The number of benzene rings is 1. The molecule has 6 heteroatoms. The Morgan fingerprint density at radius 3 is 2.40 bits per heavy atom. The summed E-state index contributed by atoms with van der Waals surface area (Å²) >= 11 is 0. The molecule has 1 fully saturated rings. The van der Waals surface area contributed by atoms with Gasteiger partial charge in [-0.1, -0.05) is 17.7 Å². The molecular weight excluding hydrogens is 320 g/mol. The highest BCUT2D eigenvalue weighted by atomic mass is 16.3. The average molecular weight is 340 g/mol. The van der Waals surface area contributed by atoms with Crippen molar-refractivity contribution in [1.82, 2.24) is 4.90 Å². The second-order valence-corrected chi connectivity index (χ2v) is 6.08. The molecule has 0 N–H and O–H groups in total. The normalized spacial score (nSPS) is 14.2. The number of likely N-dealkylation sites (tertiary alicyclic amines) is 1. The first-order chi connectivity index (χ1) is 12.0. The number of hydrogen-bond donors (Lipinski definition) is 0. The van der Waals surface area contributed by atoms with Crippen LogP contribution in [0.2, 0.25) is 0 Å². The molecule has 1 aromatic heterocycles. The topological polar surface area (TPSA) is 70.8 Å². The van der Waals surface area contributed by atoms with Crippen LogP contribution in [0, 0.1) is 6.92 Å². The van der Waals surface area contributed by atoms with Crippen LogP contribution in [0.4, 0.5) is 5.69 Å². The van der Waals surface area contributed by atoms with Crippen molar-refractivity contribution in [2.24, 2.45) is 0 Å². The predicted molar refractivity (Wildman–Crippen MR) is 91.6 cm³/mol. The summed E-state index contributed by atoms with van der Waals surface area (Å²) in [5, 5.41) is 0. The maximum absolute atomic E-state index is 12.8. The summed E-state index contributed by atoms with van der Waals surface area (Å²) in [6.07, 6.45) is 2.13. The second-order valence-electron chi connectivity index (χ2n) is 6.08. The van der Waals surface area contributed by atoms with Crippen molar-refractivity contribution in [2.45, 2.75) is 32.7 Å². The van der Waals surface area contributed by atoms with E-state index in [4.69, 9.17) is 4.42 Å². The van der Waals surface area contributed by atoms with Crippen molar-refractivity contribution >= 4 is 23.4 Å². The third-order valence-electron chi connectivity index (χ3n) is 4.24. The van der Waals surface area contributed by atoms with Crippen LogP contribution in [-0.4, -0.2) is 29.2 Å². The van der Waals surface area contributed by atoms with E-state index in [2.05, 4.69) is 0 Å². The molecule has 0 spiro atoms.